The normalized spacial score (nSPS) is 27.0. The van der Waals surface area contributed by atoms with Gasteiger partial charge in [-0.25, -0.2) is 0 Å². The summed E-state index contributed by atoms with van der Waals surface area (Å²) in [6, 6.07) is 10.6. The van der Waals surface area contributed by atoms with E-state index >= 15 is 0 Å². The van der Waals surface area contributed by atoms with Gasteiger partial charge in [0.2, 0.25) is 5.91 Å². The van der Waals surface area contributed by atoms with Gasteiger partial charge in [0.05, 0.1) is 6.10 Å². The molecular weight excluding hydrogens is 300 g/mol. The summed E-state index contributed by atoms with van der Waals surface area (Å²) in [7, 11) is 0. The maximum Gasteiger partial charge on any atom is 0.223 e. The summed E-state index contributed by atoms with van der Waals surface area (Å²) in [5.41, 5.74) is 1.23. The second-order valence-corrected chi connectivity index (χ2v) is 7.35. The fraction of sp³-hybridized carbons (Fsp3) is 0.650. The van der Waals surface area contributed by atoms with Crippen LogP contribution in [0.4, 0.5) is 0 Å². The molecular formula is C20H30N2O2. The van der Waals surface area contributed by atoms with Crippen molar-refractivity contribution in [2.24, 2.45) is 0 Å². The Morgan fingerprint density at radius 1 is 1.12 bits per heavy atom. The van der Waals surface area contributed by atoms with Crippen molar-refractivity contribution < 1.29 is 9.90 Å². The van der Waals surface area contributed by atoms with Crippen molar-refractivity contribution in [3.63, 3.8) is 0 Å². The molecule has 132 valence electrons. The fourth-order valence-electron chi connectivity index (χ4n) is 4.11. The number of carbonyl (C=O) groups is 1. The number of aliphatic hydroxyl groups excluding tert-OH is 1. The molecule has 1 aromatic carbocycles. The Labute approximate surface area is 145 Å². The average molecular weight is 330 g/mol. The molecule has 0 bridgehead atoms. The van der Waals surface area contributed by atoms with Gasteiger partial charge in [-0.05, 0) is 24.3 Å². The molecule has 0 unspecified atom stereocenters. The van der Waals surface area contributed by atoms with Crippen molar-refractivity contribution in [2.45, 2.75) is 57.1 Å². The average Bonchev–Trinajstić information content (AvgIpc) is 2.63. The van der Waals surface area contributed by atoms with E-state index in [1.807, 2.05) is 23.1 Å². The van der Waals surface area contributed by atoms with Gasteiger partial charge in [0.15, 0.2) is 0 Å². The zero-order valence-corrected chi connectivity index (χ0v) is 14.7. The molecule has 1 amide bonds. The second-order valence-electron chi connectivity index (χ2n) is 7.35. The number of amides is 1. The molecule has 0 spiro atoms. The number of rotatable bonds is 4. The van der Waals surface area contributed by atoms with Gasteiger partial charge in [-0.2, -0.15) is 0 Å². The third-order valence-corrected chi connectivity index (χ3v) is 5.68. The van der Waals surface area contributed by atoms with Crippen LogP contribution in [0, 0.1) is 0 Å². The lowest BCUT2D eigenvalue weighted by Gasteiger charge is -2.42. The van der Waals surface area contributed by atoms with E-state index in [4.69, 9.17) is 0 Å². The minimum absolute atomic E-state index is 0.181. The van der Waals surface area contributed by atoms with Gasteiger partial charge in [0.1, 0.15) is 0 Å². The Balaban J connectivity index is 1.48. The summed E-state index contributed by atoms with van der Waals surface area (Å²) < 4.78 is 0. The van der Waals surface area contributed by atoms with E-state index in [2.05, 4.69) is 24.0 Å². The van der Waals surface area contributed by atoms with Gasteiger partial charge in [0.25, 0.3) is 0 Å². The van der Waals surface area contributed by atoms with Gasteiger partial charge in [-0.15, -0.1) is 0 Å². The van der Waals surface area contributed by atoms with E-state index in [9.17, 15) is 9.90 Å². The van der Waals surface area contributed by atoms with E-state index in [-0.39, 0.29) is 17.9 Å². The highest BCUT2D eigenvalue weighted by Crippen LogP contribution is 2.25. The molecule has 1 saturated heterocycles. The number of benzene rings is 1. The van der Waals surface area contributed by atoms with Crippen LogP contribution >= 0.6 is 0 Å². The van der Waals surface area contributed by atoms with E-state index in [1.54, 1.807) is 0 Å². The molecule has 1 aromatic rings. The number of aliphatic hydroxyl groups is 1. The summed E-state index contributed by atoms with van der Waals surface area (Å²) in [6.07, 6.45) is 4.79. The molecule has 3 atom stereocenters. The standard InChI is InChI=1S/C20H30N2O2/c1-16(17-7-3-2-4-8-17)15-20(24)22-13-11-21(12-14-22)18-9-5-6-10-19(18)23/h2-4,7-8,16,18-19,23H,5-6,9-15H2,1H3/t16-,18-,19+/m1/s1. The van der Waals surface area contributed by atoms with Crippen molar-refractivity contribution in [3.05, 3.63) is 35.9 Å². The fourth-order valence-corrected chi connectivity index (χ4v) is 4.11. The predicted molar refractivity (Wildman–Crippen MR) is 95.9 cm³/mol. The maximum atomic E-state index is 12.6. The molecule has 1 N–H and O–H groups in total. The zero-order chi connectivity index (χ0) is 16.9. The van der Waals surface area contributed by atoms with Crippen molar-refractivity contribution in [3.8, 4) is 0 Å². The number of hydrogen-bond donors (Lipinski definition) is 1. The van der Waals surface area contributed by atoms with Crippen molar-refractivity contribution in [1.82, 2.24) is 9.80 Å². The molecule has 2 aliphatic rings. The lowest BCUT2D eigenvalue weighted by molar-refractivity contribution is -0.134. The molecule has 1 aliphatic heterocycles. The molecule has 1 heterocycles. The maximum absolute atomic E-state index is 12.6. The summed E-state index contributed by atoms with van der Waals surface area (Å²) in [5, 5.41) is 10.2. The third-order valence-electron chi connectivity index (χ3n) is 5.68. The first-order valence-corrected chi connectivity index (χ1v) is 9.40. The Kier molecular flexibility index (Phi) is 5.90. The number of carbonyl (C=O) groups excluding carboxylic acids is 1. The molecule has 2 fully saturated rings. The van der Waals surface area contributed by atoms with Crippen molar-refractivity contribution in [1.29, 1.82) is 0 Å². The largest absolute Gasteiger partial charge is 0.391 e. The highest BCUT2D eigenvalue weighted by Gasteiger charge is 2.32. The van der Waals surface area contributed by atoms with Crippen LogP contribution in [0.25, 0.3) is 0 Å². The van der Waals surface area contributed by atoms with E-state index in [1.165, 1.54) is 12.0 Å². The van der Waals surface area contributed by atoms with E-state index in [0.29, 0.717) is 12.5 Å². The van der Waals surface area contributed by atoms with Crippen LogP contribution in [0.3, 0.4) is 0 Å². The lowest BCUT2D eigenvalue weighted by Crippen LogP contribution is -2.55. The van der Waals surface area contributed by atoms with Crippen LogP contribution in [0.5, 0.6) is 0 Å². The van der Waals surface area contributed by atoms with Crippen molar-refractivity contribution in [2.75, 3.05) is 26.2 Å². The minimum atomic E-state index is -0.181. The summed E-state index contributed by atoms with van der Waals surface area (Å²) in [4.78, 5) is 17.0. The van der Waals surface area contributed by atoms with E-state index < -0.39 is 0 Å². The minimum Gasteiger partial charge on any atom is -0.391 e. The highest BCUT2D eigenvalue weighted by atomic mass is 16.3. The van der Waals surface area contributed by atoms with Crippen LogP contribution in [-0.4, -0.2) is 59.1 Å². The molecule has 0 aromatic heterocycles. The summed E-state index contributed by atoms with van der Waals surface area (Å²) in [6.45, 7) is 5.51. The molecule has 1 saturated carbocycles. The highest BCUT2D eigenvalue weighted by molar-refractivity contribution is 5.77. The molecule has 4 heteroatoms. The van der Waals surface area contributed by atoms with Gasteiger partial charge in [-0.3, -0.25) is 9.69 Å². The SMILES string of the molecule is C[C@H](CC(=O)N1CCN([C@@H]2CCCC[C@@H]2O)CC1)c1ccccc1. The monoisotopic (exact) mass is 330 g/mol. The van der Waals surface area contributed by atoms with Gasteiger partial charge in [0, 0.05) is 38.6 Å². The summed E-state index contributed by atoms with van der Waals surface area (Å²) >= 11 is 0. The first-order chi connectivity index (χ1) is 11.6. The second kappa shape index (κ2) is 8.13. The Bertz CT molecular complexity index is 526. The van der Waals surface area contributed by atoms with Gasteiger partial charge >= 0.3 is 0 Å². The summed E-state index contributed by atoms with van der Waals surface area (Å²) in [5.74, 6) is 0.520. The van der Waals surface area contributed by atoms with Crippen molar-refractivity contribution >= 4 is 5.91 Å². The molecule has 4 nitrogen and oxygen atoms in total. The molecule has 24 heavy (non-hydrogen) atoms. The Hall–Kier alpha value is -1.39. The lowest BCUT2D eigenvalue weighted by atomic mass is 9.91. The van der Waals surface area contributed by atoms with E-state index in [0.717, 1.165) is 45.4 Å². The third kappa shape index (κ3) is 4.17. The van der Waals surface area contributed by atoms with Gasteiger partial charge in [-0.1, -0.05) is 50.1 Å². The number of piperazine rings is 1. The van der Waals surface area contributed by atoms with Crippen LogP contribution in [0.1, 0.15) is 50.5 Å². The first kappa shape index (κ1) is 17.4. The predicted octanol–water partition coefficient (Wildman–Crippen LogP) is 2.63. The molecule has 3 rings (SSSR count). The first-order valence-electron chi connectivity index (χ1n) is 9.40. The van der Waals surface area contributed by atoms with Crippen LogP contribution < -0.4 is 0 Å². The van der Waals surface area contributed by atoms with Crippen LogP contribution in [0.15, 0.2) is 30.3 Å². The van der Waals surface area contributed by atoms with Gasteiger partial charge < -0.3 is 10.0 Å². The van der Waals surface area contributed by atoms with Crippen LogP contribution in [0.2, 0.25) is 0 Å². The zero-order valence-electron chi connectivity index (χ0n) is 14.7. The molecule has 0 radical (unpaired) electrons. The number of nitrogens with zero attached hydrogens (tertiary/aromatic N) is 2. The smallest absolute Gasteiger partial charge is 0.223 e. The quantitative estimate of drug-likeness (QED) is 0.923. The topological polar surface area (TPSA) is 43.8 Å². The Morgan fingerprint density at radius 2 is 1.79 bits per heavy atom. The number of hydrogen-bond acceptors (Lipinski definition) is 3. The Morgan fingerprint density at radius 3 is 2.46 bits per heavy atom. The molecule has 1 aliphatic carbocycles. The van der Waals surface area contributed by atoms with Crippen LogP contribution in [-0.2, 0) is 4.79 Å².